The molecule has 5 heteroatoms. The number of benzene rings is 10. The third-order valence-corrected chi connectivity index (χ3v) is 15.6. The molecule has 1 aliphatic heterocycles. The molecule has 0 spiro atoms. The number of thiophene rings is 1. The fourth-order valence-electron chi connectivity index (χ4n) is 11.1. The molecule has 0 saturated heterocycles. The SMILES string of the molecule is CC1CCC(c2cc(-n3c4cc5ccccc5cc4c4ccc5ccccc5c43)c3oc4ccccc4c3c2)=NC(c2ccc3c(c2)sc2ccccc23)NC1c1ccc2ccccc2c1. The summed E-state index contributed by atoms with van der Waals surface area (Å²) in [6.07, 6.45) is 1.50. The van der Waals surface area contributed by atoms with Crippen LogP contribution in [0.1, 0.15) is 48.7 Å². The lowest BCUT2D eigenvalue weighted by atomic mass is 9.86. The summed E-state index contributed by atoms with van der Waals surface area (Å²) in [5.41, 5.74) is 9.79. The van der Waals surface area contributed by atoms with Crippen molar-refractivity contribution >= 4 is 113 Å². The van der Waals surface area contributed by atoms with Crippen LogP contribution in [-0.4, -0.2) is 10.3 Å². The summed E-state index contributed by atoms with van der Waals surface area (Å²) in [5.74, 6) is 0.321. The lowest BCUT2D eigenvalue weighted by molar-refractivity contribution is 0.328. The Labute approximate surface area is 385 Å². The Morgan fingerprint density at radius 3 is 2.06 bits per heavy atom. The average molecular weight is 866 g/mol. The molecule has 14 rings (SSSR count). The molecule has 0 bridgehead atoms. The highest BCUT2D eigenvalue weighted by Crippen LogP contribution is 2.44. The van der Waals surface area contributed by atoms with E-state index in [0.29, 0.717) is 5.92 Å². The van der Waals surface area contributed by atoms with Gasteiger partial charge in [-0.3, -0.25) is 10.3 Å². The van der Waals surface area contributed by atoms with Gasteiger partial charge in [-0.15, -0.1) is 11.3 Å². The third kappa shape index (κ3) is 5.90. The zero-order valence-electron chi connectivity index (χ0n) is 36.3. The number of hydrogen-bond acceptors (Lipinski definition) is 4. The molecule has 0 saturated carbocycles. The van der Waals surface area contributed by atoms with Crippen molar-refractivity contribution in [3.63, 3.8) is 0 Å². The number of aliphatic imine (C=N–C) groups is 1. The zero-order chi connectivity index (χ0) is 43.5. The van der Waals surface area contributed by atoms with Gasteiger partial charge in [0.2, 0.25) is 0 Å². The number of furan rings is 1. The molecule has 66 heavy (non-hydrogen) atoms. The summed E-state index contributed by atoms with van der Waals surface area (Å²) in [7, 11) is 0. The van der Waals surface area contributed by atoms with Crippen molar-refractivity contribution in [2.75, 3.05) is 0 Å². The minimum absolute atomic E-state index is 0.0968. The molecule has 0 amide bonds. The van der Waals surface area contributed by atoms with Gasteiger partial charge in [-0.1, -0.05) is 153 Å². The minimum Gasteiger partial charge on any atom is -0.454 e. The van der Waals surface area contributed by atoms with Gasteiger partial charge < -0.3 is 8.98 Å². The smallest absolute Gasteiger partial charge is 0.159 e. The van der Waals surface area contributed by atoms with E-state index < -0.39 is 0 Å². The number of fused-ring (bicyclic) bond motifs is 13. The van der Waals surface area contributed by atoms with Crippen molar-refractivity contribution < 1.29 is 4.42 Å². The molecular formula is C61H43N3OS. The van der Waals surface area contributed by atoms with E-state index in [4.69, 9.17) is 9.41 Å². The van der Waals surface area contributed by atoms with Crippen LogP contribution in [0.2, 0.25) is 0 Å². The van der Waals surface area contributed by atoms with Gasteiger partial charge in [-0.05, 0) is 111 Å². The predicted octanol–water partition coefficient (Wildman–Crippen LogP) is 16.8. The molecule has 3 aromatic heterocycles. The Morgan fingerprint density at radius 2 is 1.20 bits per heavy atom. The number of rotatable bonds is 4. The molecule has 13 aromatic rings. The first-order valence-corrected chi connectivity index (χ1v) is 23.9. The Kier molecular flexibility index (Phi) is 8.43. The summed E-state index contributed by atoms with van der Waals surface area (Å²) in [5, 5.41) is 18.8. The van der Waals surface area contributed by atoms with E-state index in [1.807, 2.05) is 11.3 Å². The second kappa shape index (κ2) is 14.7. The zero-order valence-corrected chi connectivity index (χ0v) is 37.1. The predicted molar refractivity (Wildman–Crippen MR) is 280 cm³/mol. The van der Waals surface area contributed by atoms with Crippen molar-refractivity contribution in [1.29, 1.82) is 0 Å². The van der Waals surface area contributed by atoms with Crippen LogP contribution in [-0.2, 0) is 0 Å². The fraction of sp³-hybridized carbons (Fsp3) is 0.0984. The molecule has 4 nitrogen and oxygen atoms in total. The van der Waals surface area contributed by atoms with Crippen LogP contribution in [0.25, 0.3) is 102 Å². The standard InChI is InChI=1S/C61H43N3OS/c1-36-22-29-52(62-61(63-58(36)42-24-23-37-12-2-3-14-39(37)30-42)43-26-27-48-47-19-9-11-21-56(47)66-57(48)35-43)44-32-51-46-18-8-10-20-55(46)65-60(51)54(34-44)64-53-33-41-16-5-4-15-40(41)31-50(53)49-28-25-38-13-6-7-17-45(38)59(49)64/h2-21,23-28,30-36,58,61,63H,22,29H2,1H3. The van der Waals surface area contributed by atoms with Gasteiger partial charge >= 0.3 is 0 Å². The highest BCUT2D eigenvalue weighted by Gasteiger charge is 2.29. The van der Waals surface area contributed by atoms with E-state index in [1.54, 1.807) is 0 Å². The molecule has 1 N–H and O–H groups in total. The quantitative estimate of drug-likeness (QED) is 0.191. The van der Waals surface area contributed by atoms with Crippen molar-refractivity contribution in [3.05, 3.63) is 211 Å². The highest BCUT2D eigenvalue weighted by molar-refractivity contribution is 7.25. The lowest BCUT2D eigenvalue weighted by Gasteiger charge is -2.32. The van der Waals surface area contributed by atoms with Crippen molar-refractivity contribution in [1.82, 2.24) is 9.88 Å². The summed E-state index contributed by atoms with van der Waals surface area (Å²) >= 11 is 1.86. The van der Waals surface area contributed by atoms with Crippen molar-refractivity contribution in [2.45, 2.75) is 32.0 Å². The van der Waals surface area contributed by atoms with Crippen LogP contribution in [0.5, 0.6) is 0 Å². The molecule has 3 unspecified atom stereocenters. The van der Waals surface area contributed by atoms with E-state index in [9.17, 15) is 0 Å². The Balaban J connectivity index is 1.03. The van der Waals surface area contributed by atoms with Crippen LogP contribution < -0.4 is 5.32 Å². The molecule has 0 fully saturated rings. The summed E-state index contributed by atoms with van der Waals surface area (Å²) < 4.78 is 12.1. The number of nitrogens with one attached hydrogen (secondary N) is 1. The molecule has 1 aliphatic rings. The van der Waals surface area contributed by atoms with Gasteiger partial charge in [-0.25, -0.2) is 0 Å². The van der Waals surface area contributed by atoms with E-state index >= 15 is 0 Å². The fourth-order valence-corrected chi connectivity index (χ4v) is 12.3. The minimum atomic E-state index is -0.294. The maximum absolute atomic E-state index is 6.99. The van der Waals surface area contributed by atoms with Crippen LogP contribution in [0.3, 0.4) is 0 Å². The largest absolute Gasteiger partial charge is 0.454 e. The molecule has 10 aromatic carbocycles. The van der Waals surface area contributed by atoms with Gasteiger partial charge in [0.1, 0.15) is 11.7 Å². The van der Waals surface area contributed by atoms with Crippen LogP contribution >= 0.6 is 11.3 Å². The molecule has 0 radical (unpaired) electrons. The molecular weight excluding hydrogens is 823 g/mol. The van der Waals surface area contributed by atoms with Crippen LogP contribution in [0.4, 0.5) is 0 Å². The number of para-hydroxylation sites is 1. The number of nitrogens with zero attached hydrogens (tertiary/aromatic N) is 2. The first-order valence-electron chi connectivity index (χ1n) is 23.1. The summed E-state index contributed by atoms with van der Waals surface area (Å²) in [6.45, 7) is 2.41. The van der Waals surface area contributed by atoms with Crippen molar-refractivity contribution in [3.8, 4) is 5.69 Å². The monoisotopic (exact) mass is 865 g/mol. The van der Waals surface area contributed by atoms with E-state index in [2.05, 4.69) is 211 Å². The first kappa shape index (κ1) is 37.8. The summed E-state index contributed by atoms with van der Waals surface area (Å²) in [4.78, 5) is 5.89. The number of hydrogen-bond donors (Lipinski definition) is 1. The van der Waals surface area contributed by atoms with E-state index in [-0.39, 0.29) is 12.2 Å². The molecule has 3 atom stereocenters. The maximum Gasteiger partial charge on any atom is 0.159 e. The average Bonchev–Trinajstić information content (AvgIpc) is 4.03. The highest BCUT2D eigenvalue weighted by atomic mass is 32.1. The maximum atomic E-state index is 6.99. The Hall–Kier alpha value is -7.57. The molecule has 4 heterocycles. The summed E-state index contributed by atoms with van der Waals surface area (Å²) in [6, 6.07) is 71.5. The Morgan fingerprint density at radius 1 is 0.530 bits per heavy atom. The lowest BCUT2D eigenvalue weighted by Crippen LogP contribution is -2.33. The third-order valence-electron chi connectivity index (χ3n) is 14.4. The van der Waals surface area contributed by atoms with Crippen molar-refractivity contribution in [2.24, 2.45) is 10.9 Å². The van der Waals surface area contributed by atoms with Crippen LogP contribution in [0.15, 0.2) is 204 Å². The topological polar surface area (TPSA) is 42.5 Å². The van der Waals surface area contributed by atoms with Gasteiger partial charge in [-0.2, -0.15) is 0 Å². The van der Waals surface area contributed by atoms with Gasteiger partial charge in [0, 0.05) is 58.9 Å². The first-order chi connectivity index (χ1) is 32.6. The van der Waals surface area contributed by atoms with Gasteiger partial charge in [0.15, 0.2) is 5.58 Å². The van der Waals surface area contributed by atoms with E-state index in [1.165, 1.54) is 79.9 Å². The Bertz CT molecular complexity index is 4150. The van der Waals surface area contributed by atoms with Gasteiger partial charge in [0.25, 0.3) is 0 Å². The number of aromatic nitrogens is 1. The molecule has 314 valence electrons. The van der Waals surface area contributed by atoms with Crippen LogP contribution in [0, 0.1) is 5.92 Å². The van der Waals surface area contributed by atoms with E-state index in [0.717, 1.165) is 57.3 Å². The second-order valence-electron chi connectivity index (χ2n) is 18.3. The second-order valence-corrected chi connectivity index (χ2v) is 19.4. The molecule has 0 aliphatic carbocycles. The normalized spacial score (nSPS) is 17.2. The van der Waals surface area contributed by atoms with Gasteiger partial charge in [0.05, 0.1) is 16.7 Å².